The largest absolute Gasteiger partial charge is 0.300 e. The van der Waals surface area contributed by atoms with Crippen LogP contribution in [-0.4, -0.2) is 30.8 Å². The van der Waals surface area contributed by atoms with Crippen LogP contribution in [0.5, 0.6) is 0 Å². The fourth-order valence-corrected chi connectivity index (χ4v) is 1.05. The number of carbonyl (C=O) groups excluding carboxylic acids is 1. The molecule has 0 fully saturated rings. The van der Waals surface area contributed by atoms with Gasteiger partial charge in [-0.15, -0.1) is 0 Å². The van der Waals surface area contributed by atoms with Crippen LogP contribution in [0.1, 0.15) is 39.5 Å². The summed E-state index contributed by atoms with van der Waals surface area (Å²) in [5, 5.41) is 0. The van der Waals surface area contributed by atoms with Crippen molar-refractivity contribution in [2.75, 3.05) is 14.1 Å². The van der Waals surface area contributed by atoms with Gasteiger partial charge in [-0.05, 0) is 27.4 Å². The zero-order valence-corrected chi connectivity index (χ0v) is 8.76. The highest BCUT2D eigenvalue weighted by Crippen LogP contribution is 2.04. The third-order valence-electron chi connectivity index (χ3n) is 2.27. The molecule has 1 atom stereocenters. The minimum absolute atomic E-state index is 0.0851. The van der Waals surface area contributed by atoms with Crippen molar-refractivity contribution >= 4 is 5.78 Å². The van der Waals surface area contributed by atoms with Crippen molar-refractivity contribution in [3.8, 4) is 0 Å². The molecule has 12 heavy (non-hydrogen) atoms. The zero-order chi connectivity index (χ0) is 9.56. The molecule has 0 rings (SSSR count). The van der Waals surface area contributed by atoms with E-state index in [0.29, 0.717) is 5.78 Å². The van der Waals surface area contributed by atoms with E-state index in [0.717, 1.165) is 12.8 Å². The van der Waals surface area contributed by atoms with Crippen LogP contribution in [-0.2, 0) is 4.79 Å². The second-order valence-corrected chi connectivity index (χ2v) is 3.56. The molecule has 0 amide bonds. The molecule has 0 radical (unpaired) electrons. The second kappa shape index (κ2) is 6.18. The minimum atomic E-state index is 0.0851. The predicted molar refractivity (Wildman–Crippen MR) is 52.3 cm³/mol. The van der Waals surface area contributed by atoms with E-state index in [2.05, 4.69) is 6.92 Å². The van der Waals surface area contributed by atoms with Gasteiger partial charge in [0.2, 0.25) is 0 Å². The van der Waals surface area contributed by atoms with Gasteiger partial charge in [-0.25, -0.2) is 0 Å². The molecule has 0 saturated heterocycles. The highest BCUT2D eigenvalue weighted by atomic mass is 16.1. The van der Waals surface area contributed by atoms with E-state index in [1.54, 1.807) is 0 Å². The van der Waals surface area contributed by atoms with Crippen LogP contribution in [0.25, 0.3) is 0 Å². The summed E-state index contributed by atoms with van der Waals surface area (Å²) in [6.45, 7) is 4.12. The van der Waals surface area contributed by atoms with Gasteiger partial charge < -0.3 is 0 Å². The van der Waals surface area contributed by atoms with E-state index in [9.17, 15) is 4.79 Å². The summed E-state index contributed by atoms with van der Waals surface area (Å²) in [5.41, 5.74) is 0. The smallest absolute Gasteiger partial charge is 0.149 e. The highest BCUT2D eigenvalue weighted by molar-refractivity contribution is 5.83. The van der Waals surface area contributed by atoms with Crippen molar-refractivity contribution < 1.29 is 4.79 Å². The molecule has 0 N–H and O–H groups in total. The summed E-state index contributed by atoms with van der Waals surface area (Å²) < 4.78 is 0. The predicted octanol–water partition coefficient (Wildman–Crippen LogP) is 2.09. The lowest BCUT2D eigenvalue weighted by molar-refractivity contribution is -0.123. The Kier molecular flexibility index (Phi) is 5.99. The number of rotatable bonds is 6. The maximum absolute atomic E-state index is 11.4. The number of Topliss-reactive ketones (excluding diaryl/α,β-unsaturated/α-hetero) is 1. The van der Waals surface area contributed by atoms with Gasteiger partial charge in [0, 0.05) is 6.42 Å². The molecule has 0 aromatic rings. The van der Waals surface area contributed by atoms with Crippen molar-refractivity contribution in [1.82, 2.24) is 4.90 Å². The van der Waals surface area contributed by atoms with Crippen LogP contribution >= 0.6 is 0 Å². The molecular weight excluding hydrogens is 150 g/mol. The van der Waals surface area contributed by atoms with Gasteiger partial charge in [0.05, 0.1) is 6.04 Å². The van der Waals surface area contributed by atoms with E-state index in [-0.39, 0.29) is 6.04 Å². The average molecular weight is 171 g/mol. The third kappa shape index (κ3) is 4.50. The molecule has 0 aromatic carbocycles. The van der Waals surface area contributed by atoms with Crippen molar-refractivity contribution in [1.29, 1.82) is 0 Å². The van der Waals surface area contributed by atoms with Crippen molar-refractivity contribution in [2.45, 2.75) is 45.6 Å². The summed E-state index contributed by atoms with van der Waals surface area (Å²) in [5.74, 6) is 0.369. The normalized spacial score (nSPS) is 13.4. The van der Waals surface area contributed by atoms with E-state index < -0.39 is 0 Å². The van der Waals surface area contributed by atoms with Crippen molar-refractivity contribution in [2.24, 2.45) is 0 Å². The highest BCUT2D eigenvalue weighted by Gasteiger charge is 2.13. The SMILES string of the molecule is CCCCCC(=O)C(C)N(C)C. The van der Waals surface area contributed by atoms with Crippen molar-refractivity contribution in [3.05, 3.63) is 0 Å². The van der Waals surface area contributed by atoms with Crippen molar-refractivity contribution in [3.63, 3.8) is 0 Å². The Bertz CT molecular complexity index is 132. The first-order valence-electron chi connectivity index (χ1n) is 4.78. The summed E-state index contributed by atoms with van der Waals surface area (Å²) in [6.07, 6.45) is 4.15. The minimum Gasteiger partial charge on any atom is -0.300 e. The lowest BCUT2D eigenvalue weighted by atomic mass is 10.1. The fourth-order valence-electron chi connectivity index (χ4n) is 1.05. The second-order valence-electron chi connectivity index (χ2n) is 3.56. The lowest BCUT2D eigenvalue weighted by Gasteiger charge is -2.17. The molecule has 2 heteroatoms. The van der Waals surface area contributed by atoms with Crippen LogP contribution in [0, 0.1) is 0 Å². The van der Waals surface area contributed by atoms with Crippen LogP contribution in [0.2, 0.25) is 0 Å². The molecule has 0 aliphatic heterocycles. The molecule has 1 unspecified atom stereocenters. The zero-order valence-electron chi connectivity index (χ0n) is 8.76. The van der Waals surface area contributed by atoms with E-state index in [4.69, 9.17) is 0 Å². The number of likely N-dealkylation sites (N-methyl/N-ethyl adjacent to an activating group) is 1. The first kappa shape index (κ1) is 11.6. The maximum Gasteiger partial charge on any atom is 0.149 e. The number of hydrogen-bond acceptors (Lipinski definition) is 2. The lowest BCUT2D eigenvalue weighted by Crippen LogP contribution is -2.32. The van der Waals surface area contributed by atoms with Crippen LogP contribution in [0.15, 0.2) is 0 Å². The first-order chi connectivity index (χ1) is 5.59. The Labute approximate surface area is 75.9 Å². The fraction of sp³-hybridized carbons (Fsp3) is 0.900. The van der Waals surface area contributed by atoms with E-state index in [1.165, 1.54) is 12.8 Å². The summed E-state index contributed by atoms with van der Waals surface area (Å²) in [4.78, 5) is 13.4. The van der Waals surface area contributed by atoms with E-state index in [1.807, 2.05) is 25.9 Å². The van der Waals surface area contributed by atoms with Gasteiger partial charge in [-0.2, -0.15) is 0 Å². The van der Waals surface area contributed by atoms with Crippen LogP contribution in [0.3, 0.4) is 0 Å². The number of unbranched alkanes of at least 4 members (excludes halogenated alkanes) is 2. The van der Waals surface area contributed by atoms with Gasteiger partial charge in [-0.1, -0.05) is 19.8 Å². The van der Waals surface area contributed by atoms with Crippen LogP contribution < -0.4 is 0 Å². The Morgan fingerprint density at radius 2 is 1.92 bits per heavy atom. The van der Waals surface area contributed by atoms with Gasteiger partial charge in [0.1, 0.15) is 5.78 Å². The number of nitrogens with zero attached hydrogens (tertiary/aromatic N) is 1. The number of carbonyl (C=O) groups is 1. The molecule has 0 heterocycles. The molecule has 0 spiro atoms. The van der Waals surface area contributed by atoms with Gasteiger partial charge >= 0.3 is 0 Å². The van der Waals surface area contributed by atoms with Gasteiger partial charge in [0.25, 0.3) is 0 Å². The maximum atomic E-state index is 11.4. The molecule has 0 bridgehead atoms. The molecule has 0 aliphatic carbocycles. The molecule has 0 aromatic heterocycles. The third-order valence-corrected chi connectivity index (χ3v) is 2.27. The molecule has 72 valence electrons. The number of ketones is 1. The van der Waals surface area contributed by atoms with Crippen LogP contribution in [0.4, 0.5) is 0 Å². The summed E-state index contributed by atoms with van der Waals surface area (Å²) in [7, 11) is 3.89. The molecule has 2 nitrogen and oxygen atoms in total. The Morgan fingerprint density at radius 1 is 1.33 bits per heavy atom. The topological polar surface area (TPSA) is 20.3 Å². The van der Waals surface area contributed by atoms with E-state index >= 15 is 0 Å². The molecular formula is C10H21NO. The number of hydrogen-bond donors (Lipinski definition) is 0. The molecule has 0 aliphatic rings. The average Bonchev–Trinajstić information content (AvgIpc) is 2.03. The first-order valence-corrected chi connectivity index (χ1v) is 4.78. The standard InChI is InChI=1S/C10H21NO/c1-5-6-7-8-10(12)9(2)11(3)4/h9H,5-8H2,1-4H3. The Balaban J connectivity index is 3.57. The van der Waals surface area contributed by atoms with Gasteiger partial charge in [0.15, 0.2) is 0 Å². The summed E-state index contributed by atoms with van der Waals surface area (Å²) >= 11 is 0. The quantitative estimate of drug-likeness (QED) is 0.570. The van der Waals surface area contributed by atoms with Gasteiger partial charge in [-0.3, -0.25) is 9.69 Å². The Morgan fingerprint density at radius 3 is 2.33 bits per heavy atom. The molecule has 0 saturated carbocycles. The monoisotopic (exact) mass is 171 g/mol. The summed E-state index contributed by atoms with van der Waals surface area (Å²) in [6, 6.07) is 0.0851. The Hall–Kier alpha value is -0.370.